The summed E-state index contributed by atoms with van der Waals surface area (Å²) in [6.07, 6.45) is 3.33. The zero-order valence-corrected chi connectivity index (χ0v) is 15.1. The summed E-state index contributed by atoms with van der Waals surface area (Å²) < 4.78 is 0.938. The Morgan fingerprint density at radius 2 is 2.17 bits per heavy atom. The average molecular weight is 382 g/mol. The highest BCUT2D eigenvalue weighted by Crippen LogP contribution is 2.22. The number of nitrogens with zero attached hydrogens (tertiary/aromatic N) is 1. The summed E-state index contributed by atoms with van der Waals surface area (Å²) >= 11 is 3.48. The van der Waals surface area contributed by atoms with Crippen LogP contribution in [-0.2, 0) is 4.79 Å². The molecule has 2 amide bonds. The van der Waals surface area contributed by atoms with E-state index in [0.29, 0.717) is 25.1 Å². The number of hydrogen-bond donors (Lipinski definition) is 2. The maximum absolute atomic E-state index is 12.8. The summed E-state index contributed by atoms with van der Waals surface area (Å²) in [7, 11) is 0. The second-order valence-electron chi connectivity index (χ2n) is 5.95. The number of carbonyl (C=O) groups excluding carboxylic acids is 2. The molecule has 1 saturated heterocycles. The van der Waals surface area contributed by atoms with Crippen molar-refractivity contribution in [1.29, 1.82) is 0 Å². The molecule has 0 radical (unpaired) electrons. The largest absolute Gasteiger partial charge is 0.354 e. The van der Waals surface area contributed by atoms with Gasteiger partial charge in [0.2, 0.25) is 5.91 Å². The van der Waals surface area contributed by atoms with E-state index in [-0.39, 0.29) is 17.9 Å². The van der Waals surface area contributed by atoms with Gasteiger partial charge in [-0.1, -0.05) is 22.0 Å². The summed E-state index contributed by atoms with van der Waals surface area (Å²) in [5.74, 6) is -0.0213. The lowest BCUT2D eigenvalue weighted by Crippen LogP contribution is -2.49. The first-order valence-corrected chi connectivity index (χ1v) is 8.86. The van der Waals surface area contributed by atoms with E-state index in [1.54, 1.807) is 0 Å². The van der Waals surface area contributed by atoms with Crippen LogP contribution >= 0.6 is 15.9 Å². The van der Waals surface area contributed by atoms with E-state index in [2.05, 4.69) is 21.2 Å². The van der Waals surface area contributed by atoms with Crippen LogP contribution in [0.5, 0.6) is 0 Å². The van der Waals surface area contributed by atoms with Crippen LogP contribution < -0.4 is 11.1 Å². The first-order chi connectivity index (χ1) is 11.0. The fraction of sp³-hybridized carbons (Fsp3) is 0.529. The highest BCUT2D eigenvalue weighted by Gasteiger charge is 2.27. The first-order valence-electron chi connectivity index (χ1n) is 8.07. The van der Waals surface area contributed by atoms with Gasteiger partial charge in [-0.15, -0.1) is 0 Å². The van der Waals surface area contributed by atoms with Gasteiger partial charge in [0.25, 0.3) is 5.91 Å². The summed E-state index contributed by atoms with van der Waals surface area (Å²) in [6.45, 7) is 3.57. The number of nitrogens with one attached hydrogen (secondary N) is 1. The normalized spacial score (nSPS) is 17.9. The summed E-state index contributed by atoms with van der Waals surface area (Å²) in [5, 5.41) is 2.89. The van der Waals surface area contributed by atoms with E-state index < -0.39 is 0 Å². The predicted molar refractivity (Wildman–Crippen MR) is 94.2 cm³/mol. The molecule has 126 valence electrons. The molecule has 0 aliphatic carbocycles. The molecule has 1 unspecified atom stereocenters. The Balaban J connectivity index is 2.06. The molecule has 1 aromatic rings. The van der Waals surface area contributed by atoms with Gasteiger partial charge in [-0.3, -0.25) is 9.59 Å². The second-order valence-corrected chi connectivity index (χ2v) is 6.81. The van der Waals surface area contributed by atoms with E-state index in [0.717, 1.165) is 35.8 Å². The number of aryl methyl sites for hydroxylation is 1. The summed E-state index contributed by atoms with van der Waals surface area (Å²) in [4.78, 5) is 26.3. The third-order valence-electron chi connectivity index (χ3n) is 4.21. The summed E-state index contributed by atoms with van der Waals surface area (Å²) in [6, 6.07) is 5.73. The number of amides is 2. The number of piperidine rings is 1. The molecular formula is C17H24BrN3O2. The van der Waals surface area contributed by atoms with Crippen molar-refractivity contribution in [3.8, 4) is 0 Å². The minimum atomic E-state index is -0.0523. The zero-order valence-electron chi connectivity index (χ0n) is 13.5. The molecule has 1 fully saturated rings. The Morgan fingerprint density at radius 1 is 1.39 bits per heavy atom. The quantitative estimate of drug-likeness (QED) is 0.820. The minimum Gasteiger partial charge on any atom is -0.354 e. The molecule has 1 aromatic carbocycles. The molecule has 1 atom stereocenters. The lowest BCUT2D eigenvalue weighted by atomic mass is 10.00. The molecule has 1 aliphatic heterocycles. The lowest BCUT2D eigenvalue weighted by molar-refractivity contribution is -0.121. The summed E-state index contributed by atoms with van der Waals surface area (Å²) in [5.41, 5.74) is 7.17. The lowest BCUT2D eigenvalue weighted by Gasteiger charge is -2.36. The van der Waals surface area contributed by atoms with Gasteiger partial charge < -0.3 is 16.0 Å². The van der Waals surface area contributed by atoms with Crippen molar-refractivity contribution in [2.24, 2.45) is 5.73 Å². The van der Waals surface area contributed by atoms with Gasteiger partial charge in [-0.25, -0.2) is 0 Å². The Kier molecular flexibility index (Phi) is 6.59. The van der Waals surface area contributed by atoms with Crippen LogP contribution in [0.3, 0.4) is 0 Å². The van der Waals surface area contributed by atoms with Crippen molar-refractivity contribution in [2.75, 3.05) is 19.6 Å². The fourth-order valence-corrected chi connectivity index (χ4v) is 3.20. The SMILES string of the molecule is Cc1ccc(C(=O)N2CCCCC2CNC(=O)CCN)cc1Br. The Bertz CT molecular complexity index is 577. The Morgan fingerprint density at radius 3 is 2.87 bits per heavy atom. The van der Waals surface area contributed by atoms with Crippen LogP contribution in [0.15, 0.2) is 22.7 Å². The Labute approximate surface area is 145 Å². The molecule has 6 heteroatoms. The van der Waals surface area contributed by atoms with Gasteiger partial charge in [0, 0.05) is 42.1 Å². The molecular weight excluding hydrogens is 358 g/mol. The number of hydrogen-bond acceptors (Lipinski definition) is 3. The number of likely N-dealkylation sites (tertiary alicyclic amines) is 1. The van der Waals surface area contributed by atoms with Crippen molar-refractivity contribution in [1.82, 2.24) is 10.2 Å². The van der Waals surface area contributed by atoms with E-state index in [9.17, 15) is 9.59 Å². The maximum Gasteiger partial charge on any atom is 0.254 e. The van der Waals surface area contributed by atoms with Gasteiger partial charge in [-0.05, 0) is 43.9 Å². The number of rotatable bonds is 5. The van der Waals surface area contributed by atoms with Gasteiger partial charge in [0.1, 0.15) is 0 Å². The molecule has 5 nitrogen and oxygen atoms in total. The third-order valence-corrected chi connectivity index (χ3v) is 5.07. The number of carbonyl (C=O) groups is 2. The molecule has 0 aromatic heterocycles. The standard InChI is InChI=1S/C17H24BrN3O2/c1-12-5-6-13(10-15(12)18)17(23)21-9-3-2-4-14(21)11-20-16(22)7-8-19/h5-6,10,14H,2-4,7-9,11,19H2,1H3,(H,20,22). The number of nitrogens with two attached hydrogens (primary N) is 1. The third kappa shape index (κ3) is 4.78. The molecule has 2 rings (SSSR count). The minimum absolute atomic E-state index is 0.0310. The van der Waals surface area contributed by atoms with Crippen LogP contribution in [0.25, 0.3) is 0 Å². The number of benzene rings is 1. The van der Waals surface area contributed by atoms with Gasteiger partial charge in [-0.2, -0.15) is 0 Å². The van der Waals surface area contributed by atoms with E-state index >= 15 is 0 Å². The number of halogens is 1. The van der Waals surface area contributed by atoms with E-state index in [1.165, 1.54) is 0 Å². The monoisotopic (exact) mass is 381 g/mol. The van der Waals surface area contributed by atoms with E-state index in [4.69, 9.17) is 5.73 Å². The van der Waals surface area contributed by atoms with E-state index in [1.807, 2.05) is 30.0 Å². The highest BCUT2D eigenvalue weighted by molar-refractivity contribution is 9.10. The molecule has 23 heavy (non-hydrogen) atoms. The first kappa shape index (κ1) is 17.9. The molecule has 0 bridgehead atoms. The predicted octanol–water partition coefficient (Wildman–Crippen LogP) is 2.22. The zero-order chi connectivity index (χ0) is 16.8. The molecule has 0 spiro atoms. The molecule has 0 saturated carbocycles. The van der Waals surface area contributed by atoms with Crippen LogP contribution in [0.4, 0.5) is 0 Å². The van der Waals surface area contributed by atoms with Crippen LogP contribution in [0.2, 0.25) is 0 Å². The second kappa shape index (κ2) is 8.45. The highest BCUT2D eigenvalue weighted by atomic mass is 79.9. The van der Waals surface area contributed by atoms with Crippen LogP contribution in [0, 0.1) is 6.92 Å². The van der Waals surface area contributed by atoms with Crippen LogP contribution in [0.1, 0.15) is 41.6 Å². The molecule has 3 N–H and O–H groups in total. The maximum atomic E-state index is 12.8. The Hall–Kier alpha value is -1.40. The van der Waals surface area contributed by atoms with Crippen molar-refractivity contribution in [3.05, 3.63) is 33.8 Å². The van der Waals surface area contributed by atoms with Crippen molar-refractivity contribution in [2.45, 2.75) is 38.6 Å². The van der Waals surface area contributed by atoms with Gasteiger partial charge in [0.15, 0.2) is 0 Å². The van der Waals surface area contributed by atoms with Crippen LogP contribution in [-0.4, -0.2) is 42.4 Å². The average Bonchev–Trinajstić information content (AvgIpc) is 2.55. The van der Waals surface area contributed by atoms with Gasteiger partial charge >= 0.3 is 0 Å². The fourth-order valence-electron chi connectivity index (χ4n) is 2.82. The van der Waals surface area contributed by atoms with Crippen molar-refractivity contribution in [3.63, 3.8) is 0 Å². The van der Waals surface area contributed by atoms with Crippen molar-refractivity contribution < 1.29 is 9.59 Å². The van der Waals surface area contributed by atoms with Crippen molar-refractivity contribution >= 4 is 27.7 Å². The molecule has 1 heterocycles. The topological polar surface area (TPSA) is 75.4 Å². The smallest absolute Gasteiger partial charge is 0.254 e. The van der Waals surface area contributed by atoms with Gasteiger partial charge in [0.05, 0.1) is 0 Å². The molecule has 1 aliphatic rings.